The molecule has 0 fully saturated rings. The first-order valence-electron chi connectivity index (χ1n) is 4.52. The largest absolute Gasteiger partial charge is 0.230 e. The van der Waals surface area contributed by atoms with Crippen LogP contribution in [-0.2, 0) is 10.0 Å². The van der Waals surface area contributed by atoms with Gasteiger partial charge in [0.1, 0.15) is 0 Å². The van der Waals surface area contributed by atoms with E-state index in [2.05, 4.69) is 0 Å². The second kappa shape index (κ2) is 4.11. The smallest absolute Gasteiger partial charge is 0.211 e. The Balaban J connectivity index is 2.82. The second-order valence-corrected chi connectivity index (χ2v) is 5.73. The maximum absolute atomic E-state index is 11.7. The molecule has 0 saturated heterocycles. The quantitative estimate of drug-likeness (QED) is 0.641. The Hall–Kier alpha value is -0.860. The molecular formula is C9H14N2O2S. The molecule has 0 aromatic heterocycles. The van der Waals surface area contributed by atoms with Crippen LogP contribution in [0.4, 0.5) is 0 Å². The Bertz CT molecular complexity index is 378. The predicted molar refractivity (Wildman–Crippen MR) is 53.9 cm³/mol. The summed E-state index contributed by atoms with van der Waals surface area (Å²) >= 11 is 0. The molecule has 0 bridgehead atoms. The molecule has 1 aliphatic rings. The van der Waals surface area contributed by atoms with Gasteiger partial charge in [-0.3, -0.25) is 0 Å². The van der Waals surface area contributed by atoms with E-state index < -0.39 is 15.3 Å². The molecule has 0 amide bonds. The molecule has 5 heteroatoms. The van der Waals surface area contributed by atoms with Crippen LogP contribution in [0.1, 0.15) is 20.3 Å². The van der Waals surface area contributed by atoms with Crippen LogP contribution in [0.3, 0.4) is 0 Å². The van der Waals surface area contributed by atoms with Crippen molar-refractivity contribution in [3.05, 3.63) is 11.6 Å². The van der Waals surface area contributed by atoms with Gasteiger partial charge in [0.25, 0.3) is 0 Å². The third kappa shape index (κ3) is 2.14. The fourth-order valence-corrected chi connectivity index (χ4v) is 2.48. The number of hydrogen-bond acceptors (Lipinski definition) is 3. The molecular weight excluding hydrogens is 200 g/mol. The molecule has 1 atom stereocenters. The number of nitrogens with zero attached hydrogens (tertiary/aromatic N) is 2. The van der Waals surface area contributed by atoms with Gasteiger partial charge in [0.05, 0.1) is 6.07 Å². The predicted octanol–water partition coefficient (Wildman–Crippen LogP) is 0.880. The van der Waals surface area contributed by atoms with Crippen molar-refractivity contribution in [3.63, 3.8) is 0 Å². The van der Waals surface area contributed by atoms with Crippen LogP contribution in [0.2, 0.25) is 0 Å². The molecule has 14 heavy (non-hydrogen) atoms. The summed E-state index contributed by atoms with van der Waals surface area (Å²) in [5.74, 6) is 0. The van der Waals surface area contributed by atoms with Crippen molar-refractivity contribution < 1.29 is 8.42 Å². The number of nitriles is 1. The van der Waals surface area contributed by atoms with Crippen LogP contribution < -0.4 is 0 Å². The summed E-state index contributed by atoms with van der Waals surface area (Å²) in [6.45, 7) is 4.30. The van der Waals surface area contributed by atoms with Crippen LogP contribution in [0, 0.1) is 11.3 Å². The van der Waals surface area contributed by atoms with E-state index in [0.717, 1.165) is 6.42 Å². The molecule has 1 aliphatic heterocycles. The van der Waals surface area contributed by atoms with Crippen molar-refractivity contribution in [3.8, 4) is 6.07 Å². The van der Waals surface area contributed by atoms with Gasteiger partial charge < -0.3 is 0 Å². The molecule has 78 valence electrons. The van der Waals surface area contributed by atoms with Crippen molar-refractivity contribution in [2.75, 3.05) is 13.1 Å². The van der Waals surface area contributed by atoms with Gasteiger partial charge in [0.2, 0.25) is 10.0 Å². The monoisotopic (exact) mass is 214 g/mol. The molecule has 1 rings (SSSR count). The minimum Gasteiger partial charge on any atom is -0.211 e. The SMILES string of the molecule is CC1=CCN(S(=O)(=O)C(C)C#N)CC1. The van der Waals surface area contributed by atoms with Crippen LogP contribution in [-0.4, -0.2) is 31.1 Å². The van der Waals surface area contributed by atoms with Gasteiger partial charge >= 0.3 is 0 Å². The van der Waals surface area contributed by atoms with E-state index >= 15 is 0 Å². The minimum atomic E-state index is -3.41. The van der Waals surface area contributed by atoms with Crippen LogP contribution >= 0.6 is 0 Å². The average Bonchev–Trinajstić information content (AvgIpc) is 2.17. The summed E-state index contributed by atoms with van der Waals surface area (Å²) < 4.78 is 24.8. The van der Waals surface area contributed by atoms with Gasteiger partial charge in [-0.25, -0.2) is 8.42 Å². The zero-order valence-electron chi connectivity index (χ0n) is 8.40. The second-order valence-electron chi connectivity index (χ2n) is 3.47. The molecule has 0 radical (unpaired) electrons. The van der Waals surface area contributed by atoms with E-state index in [-0.39, 0.29) is 0 Å². The zero-order valence-corrected chi connectivity index (χ0v) is 9.21. The van der Waals surface area contributed by atoms with Crippen molar-refractivity contribution in [1.29, 1.82) is 5.26 Å². The third-order valence-corrected chi connectivity index (χ3v) is 4.44. The summed E-state index contributed by atoms with van der Waals surface area (Å²) in [6, 6.07) is 1.76. The molecule has 1 heterocycles. The first-order chi connectivity index (χ1) is 6.48. The highest BCUT2D eigenvalue weighted by Gasteiger charge is 2.28. The Morgan fingerprint density at radius 1 is 1.64 bits per heavy atom. The normalized spacial score (nSPS) is 21.1. The number of rotatable bonds is 2. The van der Waals surface area contributed by atoms with Gasteiger partial charge in [-0.2, -0.15) is 9.57 Å². The molecule has 1 unspecified atom stereocenters. The van der Waals surface area contributed by atoms with E-state index in [4.69, 9.17) is 5.26 Å². The molecule has 4 nitrogen and oxygen atoms in total. The van der Waals surface area contributed by atoms with Crippen LogP contribution in [0.5, 0.6) is 0 Å². The van der Waals surface area contributed by atoms with Gasteiger partial charge in [0, 0.05) is 13.1 Å². The molecule has 0 aromatic carbocycles. The van der Waals surface area contributed by atoms with Gasteiger partial charge in [0.15, 0.2) is 5.25 Å². The Kier molecular flexibility index (Phi) is 3.29. The van der Waals surface area contributed by atoms with Crippen molar-refractivity contribution >= 4 is 10.0 Å². The highest BCUT2D eigenvalue weighted by Crippen LogP contribution is 2.16. The molecule has 0 aliphatic carbocycles. The van der Waals surface area contributed by atoms with Crippen molar-refractivity contribution in [1.82, 2.24) is 4.31 Å². The van der Waals surface area contributed by atoms with Crippen molar-refractivity contribution in [2.45, 2.75) is 25.5 Å². The van der Waals surface area contributed by atoms with Crippen LogP contribution in [0.25, 0.3) is 0 Å². The first-order valence-corrected chi connectivity index (χ1v) is 6.03. The van der Waals surface area contributed by atoms with Gasteiger partial charge in [-0.15, -0.1) is 0 Å². The standard InChI is InChI=1S/C9H14N2O2S/c1-8-3-5-11(6-4-8)14(12,13)9(2)7-10/h3,9H,4-6H2,1-2H3. The minimum absolute atomic E-state index is 0.403. The van der Waals surface area contributed by atoms with Gasteiger partial charge in [-0.1, -0.05) is 11.6 Å². The highest BCUT2D eigenvalue weighted by molar-refractivity contribution is 7.89. The van der Waals surface area contributed by atoms with Crippen LogP contribution in [0.15, 0.2) is 11.6 Å². The topological polar surface area (TPSA) is 61.2 Å². The first kappa shape index (κ1) is 11.2. The molecule has 0 spiro atoms. The van der Waals surface area contributed by atoms with E-state index in [9.17, 15) is 8.42 Å². The zero-order chi connectivity index (χ0) is 10.8. The number of hydrogen-bond donors (Lipinski definition) is 0. The number of sulfonamides is 1. The average molecular weight is 214 g/mol. The van der Waals surface area contributed by atoms with E-state index in [0.29, 0.717) is 13.1 Å². The summed E-state index contributed by atoms with van der Waals surface area (Å²) in [7, 11) is -3.41. The molecule has 0 saturated carbocycles. The van der Waals surface area contributed by atoms with Gasteiger partial charge in [-0.05, 0) is 20.3 Å². The Labute approximate surface area is 84.9 Å². The third-order valence-electron chi connectivity index (χ3n) is 2.39. The maximum Gasteiger partial charge on any atom is 0.230 e. The summed E-state index contributed by atoms with van der Waals surface area (Å²) in [4.78, 5) is 0. The lowest BCUT2D eigenvalue weighted by molar-refractivity contribution is 0.428. The highest BCUT2D eigenvalue weighted by atomic mass is 32.2. The lowest BCUT2D eigenvalue weighted by Crippen LogP contribution is -2.39. The van der Waals surface area contributed by atoms with E-state index in [1.54, 1.807) is 6.07 Å². The van der Waals surface area contributed by atoms with Crippen molar-refractivity contribution in [2.24, 2.45) is 0 Å². The summed E-state index contributed by atoms with van der Waals surface area (Å²) in [5.41, 5.74) is 1.21. The lowest BCUT2D eigenvalue weighted by Gasteiger charge is -2.25. The Morgan fingerprint density at radius 2 is 2.29 bits per heavy atom. The fraction of sp³-hybridized carbons (Fsp3) is 0.667. The maximum atomic E-state index is 11.7. The fourth-order valence-electron chi connectivity index (χ4n) is 1.27. The lowest BCUT2D eigenvalue weighted by atomic mass is 10.1. The van der Waals surface area contributed by atoms with E-state index in [1.807, 2.05) is 13.0 Å². The van der Waals surface area contributed by atoms with E-state index in [1.165, 1.54) is 16.8 Å². The summed E-state index contributed by atoms with van der Waals surface area (Å²) in [5, 5.41) is 7.63. The summed E-state index contributed by atoms with van der Waals surface area (Å²) in [6.07, 6.45) is 2.66. The molecule has 0 N–H and O–H groups in total. The molecule has 0 aromatic rings. The Morgan fingerprint density at radius 3 is 2.71 bits per heavy atom.